The van der Waals surface area contributed by atoms with Gasteiger partial charge in [0, 0.05) is 38.4 Å². The van der Waals surface area contributed by atoms with Crippen LogP contribution in [0.4, 0.5) is 0 Å². The van der Waals surface area contributed by atoms with E-state index in [4.69, 9.17) is 16.3 Å². The SMILES string of the molecule is COCCCN(CCNC(=O)Cc1ccc(Cl)cc1)S(C)(=O)=O. The van der Waals surface area contributed by atoms with Crippen LogP contribution in [0, 0.1) is 0 Å². The van der Waals surface area contributed by atoms with E-state index in [9.17, 15) is 13.2 Å². The van der Waals surface area contributed by atoms with Crippen LogP contribution in [-0.4, -0.2) is 58.2 Å². The number of carbonyl (C=O) groups is 1. The highest BCUT2D eigenvalue weighted by Crippen LogP contribution is 2.09. The number of halogens is 1. The number of nitrogens with zero attached hydrogens (tertiary/aromatic N) is 1. The summed E-state index contributed by atoms with van der Waals surface area (Å²) >= 11 is 5.79. The van der Waals surface area contributed by atoms with E-state index in [1.165, 1.54) is 4.31 Å². The van der Waals surface area contributed by atoms with Crippen molar-refractivity contribution in [3.8, 4) is 0 Å². The third-order valence-electron chi connectivity index (χ3n) is 3.19. The molecule has 0 heterocycles. The molecule has 0 saturated carbocycles. The van der Waals surface area contributed by atoms with Crippen molar-refractivity contribution in [3.05, 3.63) is 34.9 Å². The molecule has 1 rings (SSSR count). The third-order valence-corrected chi connectivity index (χ3v) is 4.74. The highest BCUT2D eigenvalue weighted by Gasteiger charge is 2.16. The monoisotopic (exact) mass is 362 g/mol. The number of ether oxygens (including phenoxy) is 1. The van der Waals surface area contributed by atoms with Gasteiger partial charge in [-0.25, -0.2) is 12.7 Å². The third kappa shape index (κ3) is 8.31. The van der Waals surface area contributed by atoms with Crippen LogP contribution < -0.4 is 5.32 Å². The Hall–Kier alpha value is -1.15. The summed E-state index contributed by atoms with van der Waals surface area (Å²) in [6.07, 6.45) is 2.01. The van der Waals surface area contributed by atoms with Gasteiger partial charge in [-0.1, -0.05) is 23.7 Å². The van der Waals surface area contributed by atoms with Crippen LogP contribution in [0.15, 0.2) is 24.3 Å². The minimum atomic E-state index is -3.30. The summed E-state index contributed by atoms with van der Waals surface area (Å²) in [5.41, 5.74) is 0.854. The molecule has 0 aliphatic rings. The Morgan fingerprint density at radius 1 is 1.26 bits per heavy atom. The van der Waals surface area contributed by atoms with Gasteiger partial charge in [-0.05, 0) is 24.1 Å². The summed E-state index contributed by atoms with van der Waals surface area (Å²) in [5, 5.41) is 3.35. The number of rotatable bonds is 10. The minimum absolute atomic E-state index is 0.155. The van der Waals surface area contributed by atoms with Gasteiger partial charge in [-0.2, -0.15) is 0 Å². The van der Waals surface area contributed by atoms with Gasteiger partial charge in [0.2, 0.25) is 15.9 Å². The first-order chi connectivity index (χ1) is 10.8. The molecular weight excluding hydrogens is 340 g/mol. The highest BCUT2D eigenvalue weighted by atomic mass is 35.5. The summed E-state index contributed by atoms with van der Waals surface area (Å²) in [5.74, 6) is -0.155. The van der Waals surface area contributed by atoms with Crippen LogP contribution in [-0.2, 0) is 26.0 Å². The summed E-state index contributed by atoms with van der Waals surface area (Å²) in [6.45, 7) is 1.38. The number of carbonyl (C=O) groups excluding carboxylic acids is 1. The number of methoxy groups -OCH3 is 1. The first-order valence-electron chi connectivity index (χ1n) is 7.28. The predicted molar refractivity (Wildman–Crippen MR) is 91.1 cm³/mol. The van der Waals surface area contributed by atoms with E-state index in [-0.39, 0.29) is 25.4 Å². The Bertz CT molecular complexity index is 590. The van der Waals surface area contributed by atoms with Gasteiger partial charge >= 0.3 is 0 Å². The number of amides is 1. The van der Waals surface area contributed by atoms with Gasteiger partial charge in [-0.15, -0.1) is 0 Å². The normalized spacial score (nSPS) is 11.7. The molecule has 1 aromatic carbocycles. The lowest BCUT2D eigenvalue weighted by atomic mass is 10.1. The average Bonchev–Trinajstić information content (AvgIpc) is 2.47. The van der Waals surface area contributed by atoms with E-state index in [0.29, 0.717) is 24.6 Å². The molecule has 0 bridgehead atoms. The molecule has 23 heavy (non-hydrogen) atoms. The Kier molecular flexibility index (Phi) is 8.54. The summed E-state index contributed by atoms with van der Waals surface area (Å²) in [6, 6.07) is 7.03. The van der Waals surface area contributed by atoms with Gasteiger partial charge < -0.3 is 10.1 Å². The first-order valence-corrected chi connectivity index (χ1v) is 9.50. The molecule has 0 unspecified atom stereocenters. The molecule has 130 valence electrons. The predicted octanol–water partition coefficient (Wildman–Crippen LogP) is 1.30. The number of hydrogen-bond donors (Lipinski definition) is 1. The van der Waals surface area contributed by atoms with Crippen LogP contribution >= 0.6 is 11.6 Å². The van der Waals surface area contributed by atoms with Gasteiger partial charge in [0.25, 0.3) is 0 Å². The average molecular weight is 363 g/mol. The van der Waals surface area contributed by atoms with Crippen molar-refractivity contribution in [1.29, 1.82) is 0 Å². The van der Waals surface area contributed by atoms with E-state index in [1.807, 2.05) is 0 Å². The maximum absolute atomic E-state index is 11.9. The lowest BCUT2D eigenvalue weighted by Crippen LogP contribution is -2.39. The summed E-state index contributed by atoms with van der Waals surface area (Å²) in [4.78, 5) is 11.9. The fourth-order valence-electron chi connectivity index (χ4n) is 2.00. The van der Waals surface area contributed by atoms with Crippen molar-refractivity contribution in [2.75, 3.05) is 39.6 Å². The van der Waals surface area contributed by atoms with E-state index in [0.717, 1.165) is 11.8 Å². The largest absolute Gasteiger partial charge is 0.385 e. The zero-order chi connectivity index (χ0) is 17.3. The second-order valence-corrected chi connectivity index (χ2v) is 7.58. The molecule has 0 atom stereocenters. The van der Waals surface area contributed by atoms with Crippen molar-refractivity contribution in [1.82, 2.24) is 9.62 Å². The molecule has 6 nitrogen and oxygen atoms in total. The molecule has 0 radical (unpaired) electrons. The standard InChI is InChI=1S/C15H23ClN2O4S/c1-22-11-3-9-18(23(2,20)21)10-8-17-15(19)12-13-4-6-14(16)7-5-13/h4-7H,3,8-12H2,1-2H3,(H,17,19). The fraction of sp³-hybridized carbons (Fsp3) is 0.533. The smallest absolute Gasteiger partial charge is 0.224 e. The van der Waals surface area contributed by atoms with Crippen LogP contribution in [0.25, 0.3) is 0 Å². The van der Waals surface area contributed by atoms with E-state index in [2.05, 4.69) is 5.32 Å². The molecule has 0 spiro atoms. The van der Waals surface area contributed by atoms with Gasteiger partial charge in [-0.3, -0.25) is 4.79 Å². The van der Waals surface area contributed by atoms with Gasteiger partial charge in [0.05, 0.1) is 12.7 Å². The van der Waals surface area contributed by atoms with Crippen LogP contribution in [0.1, 0.15) is 12.0 Å². The molecule has 0 fully saturated rings. The quantitative estimate of drug-likeness (QED) is 0.636. The molecule has 0 aromatic heterocycles. The second-order valence-electron chi connectivity index (χ2n) is 5.16. The molecular formula is C15H23ClN2O4S. The van der Waals surface area contributed by atoms with Crippen LogP contribution in [0.5, 0.6) is 0 Å². The maximum Gasteiger partial charge on any atom is 0.224 e. The Labute approximate surface area is 142 Å². The zero-order valence-corrected chi connectivity index (χ0v) is 15.0. The number of benzene rings is 1. The number of hydrogen-bond acceptors (Lipinski definition) is 4. The number of nitrogens with one attached hydrogen (secondary N) is 1. The summed E-state index contributed by atoms with van der Waals surface area (Å²) in [7, 11) is -1.72. The van der Waals surface area contributed by atoms with Crippen molar-refractivity contribution in [2.24, 2.45) is 0 Å². The highest BCUT2D eigenvalue weighted by molar-refractivity contribution is 7.88. The first kappa shape index (κ1) is 19.9. The van der Waals surface area contributed by atoms with E-state index in [1.54, 1.807) is 31.4 Å². The van der Waals surface area contributed by atoms with E-state index < -0.39 is 10.0 Å². The van der Waals surface area contributed by atoms with Gasteiger partial charge in [0.1, 0.15) is 0 Å². The fourth-order valence-corrected chi connectivity index (χ4v) is 3.01. The lowest BCUT2D eigenvalue weighted by molar-refractivity contribution is -0.120. The summed E-state index contributed by atoms with van der Waals surface area (Å²) < 4.78 is 29.6. The van der Waals surface area contributed by atoms with Crippen molar-refractivity contribution in [3.63, 3.8) is 0 Å². The topological polar surface area (TPSA) is 75.7 Å². The molecule has 8 heteroatoms. The minimum Gasteiger partial charge on any atom is -0.385 e. The second kappa shape index (κ2) is 9.87. The van der Waals surface area contributed by atoms with Crippen molar-refractivity contribution >= 4 is 27.5 Å². The Morgan fingerprint density at radius 3 is 2.48 bits per heavy atom. The van der Waals surface area contributed by atoms with E-state index >= 15 is 0 Å². The Morgan fingerprint density at radius 2 is 1.91 bits per heavy atom. The molecule has 0 saturated heterocycles. The number of sulfonamides is 1. The van der Waals surface area contributed by atoms with Crippen LogP contribution in [0.2, 0.25) is 5.02 Å². The lowest BCUT2D eigenvalue weighted by Gasteiger charge is -2.20. The van der Waals surface area contributed by atoms with Crippen LogP contribution in [0.3, 0.4) is 0 Å². The molecule has 0 aliphatic carbocycles. The van der Waals surface area contributed by atoms with Gasteiger partial charge in [0.15, 0.2) is 0 Å². The zero-order valence-electron chi connectivity index (χ0n) is 13.4. The van der Waals surface area contributed by atoms with Crippen molar-refractivity contribution in [2.45, 2.75) is 12.8 Å². The van der Waals surface area contributed by atoms with Crippen molar-refractivity contribution < 1.29 is 17.9 Å². The molecule has 1 N–H and O–H groups in total. The molecule has 1 aromatic rings. The molecule has 1 amide bonds. The Balaban J connectivity index is 2.39. The molecule has 0 aliphatic heterocycles. The maximum atomic E-state index is 11.9.